The highest BCUT2D eigenvalue weighted by Crippen LogP contribution is 2.64. The molecule has 0 saturated carbocycles. The fourth-order valence-electron chi connectivity index (χ4n) is 2.72. The predicted octanol–water partition coefficient (Wildman–Crippen LogP) is 5.53. The van der Waals surface area contributed by atoms with Gasteiger partial charge in [0, 0.05) is 11.0 Å². The van der Waals surface area contributed by atoms with Crippen LogP contribution in [-0.4, -0.2) is 19.5 Å². The van der Waals surface area contributed by atoms with Crippen LogP contribution in [0.1, 0.15) is 36.7 Å². The van der Waals surface area contributed by atoms with Gasteiger partial charge in [-0.3, -0.25) is 9.36 Å². The van der Waals surface area contributed by atoms with Crippen LogP contribution in [0.25, 0.3) is 5.31 Å². The van der Waals surface area contributed by atoms with E-state index in [1.807, 2.05) is 44.2 Å². The van der Waals surface area contributed by atoms with Crippen LogP contribution in [0.5, 0.6) is 5.75 Å². The second-order valence-electron chi connectivity index (χ2n) is 7.27. The van der Waals surface area contributed by atoms with Crippen LogP contribution >= 0.6 is 7.60 Å². The second-order valence-corrected chi connectivity index (χ2v) is 9.23. The lowest BCUT2D eigenvalue weighted by Crippen LogP contribution is -2.29. The van der Waals surface area contributed by atoms with Gasteiger partial charge in [0.2, 0.25) is 0 Å². The highest BCUT2D eigenvalue weighted by molar-refractivity contribution is 7.65. The quantitative estimate of drug-likeness (QED) is 0.384. The average molecular weight is 386 g/mol. The molecule has 1 aliphatic heterocycles. The van der Waals surface area contributed by atoms with Gasteiger partial charge < -0.3 is 13.8 Å². The number of hydrogen-bond acceptors (Lipinski definition) is 5. The lowest BCUT2D eigenvalue weighted by atomic mass is 9.97. The number of rotatable bonds is 5. The molecular weight excluding hydrogens is 363 g/mol. The van der Waals surface area contributed by atoms with E-state index < -0.39 is 7.60 Å². The number of hydrogen-bond donors (Lipinski definition) is 0. The van der Waals surface area contributed by atoms with E-state index in [0.29, 0.717) is 35.6 Å². The van der Waals surface area contributed by atoms with Gasteiger partial charge in [0.15, 0.2) is 0 Å². The second kappa shape index (κ2) is 7.81. The summed E-state index contributed by atoms with van der Waals surface area (Å²) >= 11 is 0. The van der Waals surface area contributed by atoms with Crippen LogP contribution in [0, 0.1) is 5.41 Å². The highest BCUT2D eigenvalue weighted by Gasteiger charge is 2.41. The summed E-state index contributed by atoms with van der Waals surface area (Å²) in [5.74, 6) is 0.971. The Labute approximate surface area is 159 Å². The summed E-state index contributed by atoms with van der Waals surface area (Å²) in [6, 6.07) is 16.0. The summed E-state index contributed by atoms with van der Waals surface area (Å²) in [5.41, 5.74) is 1.08. The molecule has 0 amide bonds. The van der Waals surface area contributed by atoms with Gasteiger partial charge in [-0.2, -0.15) is 0 Å². The lowest BCUT2D eigenvalue weighted by Gasteiger charge is -2.35. The minimum Gasteiger partial charge on any atom is -0.461 e. The fourth-order valence-corrected chi connectivity index (χ4v) is 4.99. The maximum atomic E-state index is 13.5. The van der Waals surface area contributed by atoms with Gasteiger partial charge in [-0.25, -0.2) is 0 Å². The molecule has 0 bridgehead atoms. The van der Waals surface area contributed by atoms with Crippen molar-refractivity contribution in [3.05, 3.63) is 71.5 Å². The molecule has 2 aromatic rings. The lowest BCUT2D eigenvalue weighted by molar-refractivity contribution is 0.0465. The first-order chi connectivity index (χ1) is 12.8. The van der Waals surface area contributed by atoms with E-state index in [-0.39, 0.29) is 5.41 Å². The molecule has 0 spiro atoms. The van der Waals surface area contributed by atoms with Crippen molar-refractivity contribution in [2.75, 3.05) is 13.2 Å². The van der Waals surface area contributed by atoms with Crippen molar-refractivity contribution in [3.63, 3.8) is 0 Å². The first-order valence-electron chi connectivity index (χ1n) is 8.72. The molecule has 1 fully saturated rings. The van der Waals surface area contributed by atoms with E-state index in [1.54, 1.807) is 31.2 Å². The number of allylic oxidation sites excluding steroid dienone is 1. The molecule has 0 unspecified atom stereocenters. The zero-order valence-corrected chi connectivity index (χ0v) is 16.6. The monoisotopic (exact) mass is 386 g/mol. The third kappa shape index (κ3) is 4.56. The van der Waals surface area contributed by atoms with Gasteiger partial charge in [-0.05, 0) is 36.8 Å². The Balaban J connectivity index is 1.99. The van der Waals surface area contributed by atoms with Crippen molar-refractivity contribution in [3.8, 4) is 5.75 Å². The van der Waals surface area contributed by atoms with Gasteiger partial charge in [-0.1, -0.05) is 44.2 Å². The van der Waals surface area contributed by atoms with Gasteiger partial charge in [0.1, 0.15) is 23.1 Å². The van der Waals surface area contributed by atoms with Crippen molar-refractivity contribution in [1.82, 2.24) is 0 Å². The van der Waals surface area contributed by atoms with Gasteiger partial charge in [-0.15, -0.1) is 0 Å². The van der Waals surface area contributed by atoms with Gasteiger partial charge >= 0.3 is 7.60 Å². The van der Waals surface area contributed by atoms with E-state index in [0.717, 1.165) is 11.8 Å². The molecule has 1 aliphatic rings. The summed E-state index contributed by atoms with van der Waals surface area (Å²) < 4.78 is 30.9. The average Bonchev–Trinajstić information content (AvgIpc) is 2.66. The molecule has 0 aromatic heterocycles. The molecule has 6 heteroatoms. The molecule has 1 heterocycles. The van der Waals surface area contributed by atoms with E-state index in [4.69, 9.17) is 13.8 Å². The zero-order valence-electron chi connectivity index (χ0n) is 15.7. The number of benzene rings is 2. The molecule has 5 nitrogen and oxygen atoms in total. The van der Waals surface area contributed by atoms with Crippen LogP contribution in [0.15, 0.2) is 60.4 Å². The van der Waals surface area contributed by atoms with Crippen molar-refractivity contribution < 1.29 is 23.1 Å². The first-order valence-corrected chi connectivity index (χ1v) is 10.3. The number of aldehydes is 1. The highest BCUT2D eigenvalue weighted by atomic mass is 31.2. The molecule has 27 heavy (non-hydrogen) atoms. The number of carbonyl (C=O) groups excluding carboxylic acids is 1. The van der Waals surface area contributed by atoms with E-state index in [1.165, 1.54) is 0 Å². The summed E-state index contributed by atoms with van der Waals surface area (Å²) in [5, 5.41) is 0.415. The van der Waals surface area contributed by atoms with Gasteiger partial charge in [0.25, 0.3) is 0 Å². The minimum atomic E-state index is -3.54. The Morgan fingerprint density at radius 1 is 1.04 bits per heavy atom. The fraction of sp³-hybridized carbons (Fsp3) is 0.286. The topological polar surface area (TPSA) is 61.8 Å². The smallest absolute Gasteiger partial charge is 0.365 e. The molecule has 2 aromatic carbocycles. The Hall–Kier alpha value is -2.20. The molecule has 3 rings (SSSR count). The van der Waals surface area contributed by atoms with Crippen LogP contribution in [0.3, 0.4) is 0 Å². The maximum absolute atomic E-state index is 13.5. The van der Waals surface area contributed by atoms with Crippen molar-refractivity contribution in [2.24, 2.45) is 5.41 Å². The molecule has 0 N–H and O–H groups in total. The number of carbonyl (C=O) groups is 1. The Kier molecular flexibility index (Phi) is 5.66. The van der Waals surface area contributed by atoms with Crippen LogP contribution in [0.2, 0.25) is 0 Å². The Morgan fingerprint density at radius 2 is 1.63 bits per heavy atom. The zero-order chi connectivity index (χ0) is 19.5. The first kappa shape index (κ1) is 19.6. The number of ether oxygens (including phenoxy) is 1. The van der Waals surface area contributed by atoms with Crippen molar-refractivity contribution in [1.29, 1.82) is 0 Å². The van der Waals surface area contributed by atoms with Crippen LogP contribution in [0.4, 0.5) is 0 Å². The van der Waals surface area contributed by atoms with E-state index in [9.17, 15) is 9.36 Å². The summed E-state index contributed by atoms with van der Waals surface area (Å²) in [6.07, 6.45) is 0.769. The van der Waals surface area contributed by atoms with Crippen molar-refractivity contribution in [2.45, 2.75) is 20.8 Å². The third-order valence-corrected chi connectivity index (χ3v) is 6.25. The Morgan fingerprint density at radius 3 is 2.19 bits per heavy atom. The van der Waals surface area contributed by atoms with E-state index in [2.05, 4.69) is 0 Å². The van der Waals surface area contributed by atoms with E-state index >= 15 is 0 Å². The molecule has 0 radical (unpaired) electrons. The summed E-state index contributed by atoms with van der Waals surface area (Å²) in [7, 11) is -3.54. The predicted molar refractivity (Wildman–Crippen MR) is 105 cm³/mol. The SMILES string of the molecule is C/C(Oc1ccc(C=O)cc1)=C(/c1ccccc1)P1(=O)OCC(C)(C)CO1. The Bertz CT molecular complexity index is 871. The largest absolute Gasteiger partial charge is 0.461 e. The molecule has 0 aliphatic carbocycles. The molecule has 0 atom stereocenters. The van der Waals surface area contributed by atoms with Gasteiger partial charge in [0.05, 0.1) is 13.2 Å². The molecule has 1 saturated heterocycles. The standard InChI is InChI=1S/C21H23O5P/c1-16(26-19-11-9-17(13-22)10-12-19)20(18-7-5-4-6-8-18)27(23)24-14-21(2,3)15-25-27/h4-13H,14-15H2,1-3H3/b20-16+. The third-order valence-electron chi connectivity index (χ3n) is 4.19. The summed E-state index contributed by atoms with van der Waals surface area (Å²) in [6.45, 7) is 6.41. The minimum absolute atomic E-state index is 0.199. The molecule has 142 valence electrons. The summed E-state index contributed by atoms with van der Waals surface area (Å²) in [4.78, 5) is 10.8. The normalized spacial score (nSPS) is 19.1. The molecular formula is C21H23O5P. The van der Waals surface area contributed by atoms with Crippen LogP contribution < -0.4 is 4.74 Å². The maximum Gasteiger partial charge on any atom is 0.365 e. The van der Waals surface area contributed by atoms with Crippen LogP contribution in [-0.2, 0) is 13.6 Å². The van der Waals surface area contributed by atoms with Crippen molar-refractivity contribution >= 4 is 19.2 Å².